The van der Waals surface area contributed by atoms with Crippen LogP contribution in [0, 0.1) is 11.8 Å². The molecule has 0 radical (unpaired) electrons. The Bertz CT molecular complexity index is 402. The van der Waals surface area contributed by atoms with E-state index >= 15 is 0 Å². The van der Waals surface area contributed by atoms with Crippen LogP contribution >= 0.6 is 11.6 Å². The van der Waals surface area contributed by atoms with E-state index < -0.39 is 5.97 Å². The van der Waals surface area contributed by atoms with Crippen LogP contribution in [0.2, 0.25) is 0 Å². The summed E-state index contributed by atoms with van der Waals surface area (Å²) in [6, 6.07) is 7.43. The summed E-state index contributed by atoms with van der Waals surface area (Å²) in [6.45, 7) is 2.09. The van der Waals surface area contributed by atoms with Crippen LogP contribution in [0.15, 0.2) is 24.3 Å². The molecule has 0 saturated heterocycles. The van der Waals surface area contributed by atoms with E-state index in [1.165, 1.54) is 0 Å². The van der Waals surface area contributed by atoms with Crippen LogP contribution < -0.4 is 0 Å². The lowest BCUT2D eigenvalue weighted by atomic mass is 10.1. The smallest absolute Gasteiger partial charge is 0.384 e. The Balaban J connectivity index is 2.75. The molecule has 0 aromatic heterocycles. The molecule has 0 bridgehead atoms. The van der Waals surface area contributed by atoms with Crippen LogP contribution in [0.3, 0.4) is 0 Å². The normalized spacial score (nSPS) is 8.93. The van der Waals surface area contributed by atoms with E-state index in [9.17, 15) is 4.79 Å². The number of rotatable bonds is 2. The minimum Gasteiger partial charge on any atom is -0.456 e. The Morgan fingerprint density at radius 1 is 1.53 bits per heavy atom. The largest absolute Gasteiger partial charge is 0.456 e. The van der Waals surface area contributed by atoms with Gasteiger partial charge in [-0.05, 0) is 24.6 Å². The monoisotopic (exact) mass is 222 g/mol. The van der Waals surface area contributed by atoms with Gasteiger partial charge < -0.3 is 4.74 Å². The summed E-state index contributed by atoms with van der Waals surface area (Å²) >= 11 is 5.67. The fraction of sp³-hybridized carbons (Fsp3) is 0.250. The Labute approximate surface area is 94.2 Å². The van der Waals surface area contributed by atoms with Gasteiger partial charge >= 0.3 is 5.97 Å². The fourth-order valence-electron chi connectivity index (χ4n) is 1.02. The van der Waals surface area contributed by atoms with Gasteiger partial charge in [0.2, 0.25) is 0 Å². The molecular weight excluding hydrogens is 212 g/mol. The number of ether oxygens (including phenoxy) is 1. The van der Waals surface area contributed by atoms with Gasteiger partial charge in [0.1, 0.15) is 0 Å². The number of hydrogen-bond acceptors (Lipinski definition) is 2. The molecule has 0 N–H and O–H groups in total. The third kappa shape index (κ3) is 4.05. The number of hydrogen-bond donors (Lipinski definition) is 0. The molecule has 0 amide bonds. The Morgan fingerprint density at radius 3 is 3.00 bits per heavy atom. The average Bonchev–Trinajstić information content (AvgIpc) is 2.27. The molecule has 78 valence electrons. The van der Waals surface area contributed by atoms with E-state index in [1.807, 2.05) is 24.3 Å². The molecule has 1 rings (SSSR count). The van der Waals surface area contributed by atoms with Crippen LogP contribution in [-0.4, -0.2) is 12.6 Å². The maximum Gasteiger partial charge on any atom is 0.384 e. The highest BCUT2D eigenvalue weighted by Crippen LogP contribution is 2.06. The van der Waals surface area contributed by atoms with E-state index in [-0.39, 0.29) is 0 Å². The molecule has 0 heterocycles. The molecule has 3 heteroatoms. The number of carbonyl (C=O) groups is 1. The lowest BCUT2D eigenvalue weighted by Crippen LogP contribution is -1.99. The Kier molecular flexibility index (Phi) is 4.73. The van der Waals surface area contributed by atoms with Crippen molar-refractivity contribution in [2.75, 3.05) is 6.61 Å². The molecule has 1 aromatic carbocycles. The number of esters is 1. The van der Waals surface area contributed by atoms with Gasteiger partial charge in [-0.3, -0.25) is 0 Å². The lowest BCUT2D eigenvalue weighted by Gasteiger charge is -1.95. The molecule has 0 saturated carbocycles. The first kappa shape index (κ1) is 11.6. The van der Waals surface area contributed by atoms with Crippen LogP contribution in [0.4, 0.5) is 0 Å². The summed E-state index contributed by atoms with van der Waals surface area (Å²) in [7, 11) is 0. The Hall–Kier alpha value is -1.46. The first-order chi connectivity index (χ1) is 7.26. The van der Waals surface area contributed by atoms with Gasteiger partial charge in [0, 0.05) is 17.4 Å². The van der Waals surface area contributed by atoms with E-state index in [4.69, 9.17) is 11.6 Å². The molecule has 0 atom stereocenters. The van der Waals surface area contributed by atoms with Crippen molar-refractivity contribution in [2.24, 2.45) is 0 Å². The SMILES string of the molecule is CCOC(=O)C#Cc1cccc(CCl)c1. The van der Waals surface area contributed by atoms with Crippen molar-refractivity contribution in [3.05, 3.63) is 35.4 Å². The third-order valence-corrected chi connectivity index (χ3v) is 1.97. The van der Waals surface area contributed by atoms with Crippen molar-refractivity contribution in [3.8, 4) is 11.8 Å². The maximum absolute atomic E-state index is 10.9. The van der Waals surface area contributed by atoms with Crippen LogP contribution in [0.5, 0.6) is 0 Å². The summed E-state index contributed by atoms with van der Waals surface area (Å²) < 4.78 is 4.68. The number of carbonyl (C=O) groups excluding carboxylic acids is 1. The van der Waals surface area contributed by atoms with Crippen molar-refractivity contribution in [1.82, 2.24) is 0 Å². The van der Waals surface area contributed by atoms with Crippen LogP contribution in [0.1, 0.15) is 18.1 Å². The van der Waals surface area contributed by atoms with Crippen LogP contribution in [-0.2, 0) is 15.4 Å². The van der Waals surface area contributed by atoms with Crippen molar-refractivity contribution in [3.63, 3.8) is 0 Å². The maximum atomic E-state index is 10.9. The van der Waals surface area contributed by atoms with Gasteiger partial charge in [0.05, 0.1) is 6.61 Å². The summed E-state index contributed by atoms with van der Waals surface area (Å²) in [5.74, 6) is 5.05. The van der Waals surface area contributed by atoms with Crippen LogP contribution in [0.25, 0.3) is 0 Å². The number of alkyl halides is 1. The highest BCUT2D eigenvalue weighted by atomic mass is 35.5. The van der Waals surface area contributed by atoms with Crippen molar-refractivity contribution in [2.45, 2.75) is 12.8 Å². The predicted octanol–water partition coefficient (Wildman–Crippen LogP) is 2.34. The molecule has 0 aliphatic carbocycles. The zero-order valence-corrected chi connectivity index (χ0v) is 9.17. The van der Waals surface area contributed by atoms with E-state index in [1.54, 1.807) is 6.92 Å². The fourth-order valence-corrected chi connectivity index (χ4v) is 1.19. The second-order valence-corrected chi connectivity index (χ2v) is 3.07. The zero-order chi connectivity index (χ0) is 11.1. The minimum absolute atomic E-state index is 0.342. The van der Waals surface area contributed by atoms with E-state index in [0.717, 1.165) is 11.1 Å². The van der Waals surface area contributed by atoms with Crippen molar-refractivity contribution < 1.29 is 9.53 Å². The van der Waals surface area contributed by atoms with Gasteiger partial charge in [-0.1, -0.05) is 18.1 Å². The van der Waals surface area contributed by atoms with Gasteiger partial charge in [-0.25, -0.2) is 4.79 Å². The second kappa shape index (κ2) is 6.10. The van der Waals surface area contributed by atoms with Gasteiger partial charge in [0.25, 0.3) is 0 Å². The number of halogens is 1. The highest BCUT2D eigenvalue weighted by molar-refractivity contribution is 6.17. The standard InChI is InChI=1S/C12H11ClO2/c1-2-15-12(14)7-6-10-4-3-5-11(8-10)9-13/h3-5,8H,2,9H2,1H3. The van der Waals surface area contributed by atoms with Gasteiger partial charge in [-0.15, -0.1) is 11.6 Å². The molecule has 0 unspecified atom stereocenters. The Morgan fingerprint density at radius 2 is 2.33 bits per heavy atom. The summed E-state index contributed by atoms with van der Waals surface area (Å²) in [6.07, 6.45) is 0. The van der Waals surface area contributed by atoms with Crippen molar-refractivity contribution >= 4 is 17.6 Å². The molecule has 0 aliphatic heterocycles. The minimum atomic E-state index is -0.506. The first-order valence-corrected chi connectivity index (χ1v) is 5.13. The number of benzene rings is 1. The highest BCUT2D eigenvalue weighted by Gasteiger charge is 1.94. The predicted molar refractivity (Wildman–Crippen MR) is 59.5 cm³/mol. The summed E-state index contributed by atoms with van der Waals surface area (Å²) in [5, 5.41) is 0. The van der Waals surface area contributed by atoms with Gasteiger partial charge in [-0.2, -0.15) is 0 Å². The average molecular weight is 223 g/mol. The van der Waals surface area contributed by atoms with Gasteiger partial charge in [0.15, 0.2) is 0 Å². The quantitative estimate of drug-likeness (QED) is 0.436. The first-order valence-electron chi connectivity index (χ1n) is 4.60. The summed E-state index contributed by atoms with van der Waals surface area (Å²) in [5.41, 5.74) is 1.74. The molecule has 15 heavy (non-hydrogen) atoms. The molecule has 0 aliphatic rings. The molecule has 2 nitrogen and oxygen atoms in total. The zero-order valence-electron chi connectivity index (χ0n) is 8.42. The lowest BCUT2D eigenvalue weighted by molar-refractivity contribution is -0.136. The molecular formula is C12H11ClO2. The summed E-state index contributed by atoms with van der Waals surface area (Å²) in [4.78, 5) is 10.9. The van der Waals surface area contributed by atoms with E-state index in [2.05, 4.69) is 16.6 Å². The topological polar surface area (TPSA) is 26.3 Å². The third-order valence-electron chi connectivity index (χ3n) is 1.67. The molecule has 1 aromatic rings. The molecule has 0 fully saturated rings. The van der Waals surface area contributed by atoms with E-state index in [0.29, 0.717) is 12.5 Å². The van der Waals surface area contributed by atoms with Crippen molar-refractivity contribution in [1.29, 1.82) is 0 Å². The molecule has 0 spiro atoms. The second-order valence-electron chi connectivity index (χ2n) is 2.80.